The van der Waals surface area contributed by atoms with Crippen LogP contribution in [0.15, 0.2) is 18.2 Å². The molecule has 1 rings (SSSR count). The number of hydrogen-bond acceptors (Lipinski definition) is 3. The van der Waals surface area contributed by atoms with E-state index in [1.54, 1.807) is 21.0 Å². The van der Waals surface area contributed by atoms with Gasteiger partial charge in [0.05, 0.1) is 0 Å². The van der Waals surface area contributed by atoms with Gasteiger partial charge in [0.15, 0.2) is 0 Å². The number of aryl methyl sites for hydroxylation is 2. The number of carbonyl (C=O) groups is 2. The monoisotopic (exact) mass is 334 g/mol. The number of rotatable bonds is 9. The van der Waals surface area contributed by atoms with E-state index in [1.807, 2.05) is 18.2 Å². The number of para-hydroxylation sites is 1. The van der Waals surface area contributed by atoms with Crippen molar-refractivity contribution in [3.05, 3.63) is 29.3 Å². The Morgan fingerprint density at radius 3 is 2.17 bits per heavy atom. The van der Waals surface area contributed by atoms with Crippen molar-refractivity contribution < 1.29 is 14.3 Å². The third kappa shape index (κ3) is 5.06. The van der Waals surface area contributed by atoms with E-state index in [2.05, 4.69) is 24.5 Å². The Labute approximate surface area is 145 Å². The van der Waals surface area contributed by atoms with E-state index in [0.717, 1.165) is 36.1 Å². The SMILES string of the molecule is CCc1cccc(CC)c1NC(=O)C(C)(C)C(=O)NCCCOC. The van der Waals surface area contributed by atoms with Crippen LogP contribution in [0.5, 0.6) is 0 Å². The summed E-state index contributed by atoms with van der Waals surface area (Å²) in [5.41, 5.74) is 1.87. The molecule has 0 aromatic heterocycles. The molecule has 1 aromatic rings. The van der Waals surface area contributed by atoms with E-state index in [9.17, 15) is 9.59 Å². The Morgan fingerprint density at radius 2 is 1.67 bits per heavy atom. The molecule has 0 heterocycles. The Bertz CT molecular complexity index is 545. The second kappa shape index (κ2) is 9.42. The number of anilines is 1. The highest BCUT2D eigenvalue weighted by Crippen LogP contribution is 2.26. The maximum atomic E-state index is 12.7. The summed E-state index contributed by atoms with van der Waals surface area (Å²) in [6.45, 7) is 8.48. The summed E-state index contributed by atoms with van der Waals surface area (Å²) in [7, 11) is 1.62. The molecular formula is C19H30N2O3. The average Bonchev–Trinajstić information content (AvgIpc) is 2.58. The highest BCUT2D eigenvalue weighted by Gasteiger charge is 2.36. The lowest BCUT2D eigenvalue weighted by Gasteiger charge is -2.24. The number of nitrogens with one attached hydrogen (secondary N) is 2. The van der Waals surface area contributed by atoms with Gasteiger partial charge in [-0.1, -0.05) is 32.0 Å². The number of carbonyl (C=O) groups excluding carboxylic acids is 2. The minimum Gasteiger partial charge on any atom is -0.385 e. The van der Waals surface area contributed by atoms with Gasteiger partial charge in [-0.3, -0.25) is 9.59 Å². The molecule has 134 valence electrons. The molecule has 2 N–H and O–H groups in total. The van der Waals surface area contributed by atoms with Crippen molar-refractivity contribution in [2.24, 2.45) is 5.41 Å². The van der Waals surface area contributed by atoms with Crippen LogP contribution in [0.3, 0.4) is 0 Å². The number of amides is 2. The molecule has 0 saturated carbocycles. The standard InChI is InChI=1S/C19H30N2O3/c1-6-14-10-8-11-15(7-2)16(14)21-18(23)19(3,4)17(22)20-12-9-13-24-5/h8,10-11H,6-7,9,12-13H2,1-5H3,(H,20,22)(H,21,23). The van der Waals surface area contributed by atoms with Crippen LogP contribution in [0, 0.1) is 5.41 Å². The van der Waals surface area contributed by atoms with Gasteiger partial charge in [0, 0.05) is 25.9 Å². The Balaban J connectivity index is 2.84. The van der Waals surface area contributed by atoms with Crippen LogP contribution in [0.4, 0.5) is 5.69 Å². The van der Waals surface area contributed by atoms with Crippen molar-refractivity contribution in [2.75, 3.05) is 25.6 Å². The zero-order valence-electron chi connectivity index (χ0n) is 15.5. The van der Waals surface area contributed by atoms with Crippen LogP contribution in [-0.2, 0) is 27.2 Å². The Kier molecular flexibility index (Phi) is 7.92. The van der Waals surface area contributed by atoms with Gasteiger partial charge < -0.3 is 15.4 Å². The first-order valence-electron chi connectivity index (χ1n) is 8.57. The van der Waals surface area contributed by atoms with E-state index in [0.29, 0.717) is 13.2 Å². The largest absolute Gasteiger partial charge is 0.385 e. The van der Waals surface area contributed by atoms with E-state index < -0.39 is 5.41 Å². The molecule has 0 radical (unpaired) electrons. The summed E-state index contributed by atoms with van der Waals surface area (Å²) in [4.78, 5) is 25.1. The minimum absolute atomic E-state index is 0.275. The smallest absolute Gasteiger partial charge is 0.239 e. The second-order valence-corrected chi connectivity index (χ2v) is 6.34. The molecule has 0 atom stereocenters. The fourth-order valence-electron chi connectivity index (χ4n) is 2.42. The lowest BCUT2D eigenvalue weighted by molar-refractivity contribution is -0.138. The molecule has 0 saturated heterocycles. The van der Waals surface area contributed by atoms with Crippen molar-refractivity contribution >= 4 is 17.5 Å². The van der Waals surface area contributed by atoms with Crippen molar-refractivity contribution in [3.63, 3.8) is 0 Å². The summed E-state index contributed by atoms with van der Waals surface area (Å²) in [5.74, 6) is -0.564. The first-order chi connectivity index (χ1) is 11.4. The van der Waals surface area contributed by atoms with Crippen LogP contribution in [0.1, 0.15) is 45.2 Å². The number of methoxy groups -OCH3 is 1. The summed E-state index contributed by atoms with van der Waals surface area (Å²) < 4.78 is 4.96. The molecule has 5 nitrogen and oxygen atoms in total. The van der Waals surface area contributed by atoms with Crippen LogP contribution in [-0.4, -0.2) is 32.1 Å². The summed E-state index contributed by atoms with van der Waals surface area (Å²) in [6, 6.07) is 6.01. The molecule has 0 bridgehead atoms. The van der Waals surface area contributed by atoms with Crippen molar-refractivity contribution in [2.45, 2.75) is 47.0 Å². The first kappa shape index (κ1) is 20.2. The predicted molar refractivity (Wildman–Crippen MR) is 97.1 cm³/mol. The quantitative estimate of drug-likeness (QED) is 0.539. The first-order valence-corrected chi connectivity index (χ1v) is 8.57. The minimum atomic E-state index is -1.14. The van der Waals surface area contributed by atoms with Gasteiger partial charge in [-0.2, -0.15) is 0 Å². The van der Waals surface area contributed by atoms with Crippen LogP contribution < -0.4 is 10.6 Å². The Hall–Kier alpha value is -1.88. The predicted octanol–water partition coefficient (Wildman–Crippen LogP) is 2.93. The van der Waals surface area contributed by atoms with Gasteiger partial charge in [-0.25, -0.2) is 0 Å². The average molecular weight is 334 g/mol. The van der Waals surface area contributed by atoms with E-state index in [4.69, 9.17) is 4.74 Å². The normalized spacial score (nSPS) is 11.2. The molecule has 2 amide bonds. The topological polar surface area (TPSA) is 67.4 Å². The zero-order valence-corrected chi connectivity index (χ0v) is 15.5. The van der Waals surface area contributed by atoms with Gasteiger partial charge in [-0.15, -0.1) is 0 Å². The van der Waals surface area contributed by atoms with Gasteiger partial charge in [0.2, 0.25) is 11.8 Å². The highest BCUT2D eigenvalue weighted by molar-refractivity contribution is 6.10. The summed E-state index contributed by atoms with van der Waals surface area (Å²) in [6.07, 6.45) is 2.37. The lowest BCUT2D eigenvalue weighted by atomic mass is 9.90. The summed E-state index contributed by atoms with van der Waals surface area (Å²) >= 11 is 0. The number of hydrogen-bond donors (Lipinski definition) is 2. The fraction of sp³-hybridized carbons (Fsp3) is 0.579. The number of benzene rings is 1. The van der Waals surface area contributed by atoms with Crippen molar-refractivity contribution in [3.8, 4) is 0 Å². The Morgan fingerprint density at radius 1 is 1.08 bits per heavy atom. The fourth-order valence-corrected chi connectivity index (χ4v) is 2.42. The third-order valence-corrected chi connectivity index (χ3v) is 4.18. The molecule has 5 heteroatoms. The zero-order chi connectivity index (χ0) is 18.2. The van der Waals surface area contributed by atoms with E-state index in [-0.39, 0.29) is 11.8 Å². The van der Waals surface area contributed by atoms with Crippen molar-refractivity contribution in [1.82, 2.24) is 5.32 Å². The van der Waals surface area contributed by atoms with Crippen LogP contribution in [0.2, 0.25) is 0 Å². The van der Waals surface area contributed by atoms with Gasteiger partial charge >= 0.3 is 0 Å². The molecule has 0 unspecified atom stereocenters. The van der Waals surface area contributed by atoms with Gasteiger partial charge in [0.1, 0.15) is 5.41 Å². The maximum Gasteiger partial charge on any atom is 0.239 e. The number of ether oxygens (including phenoxy) is 1. The van der Waals surface area contributed by atoms with Crippen LogP contribution >= 0.6 is 0 Å². The van der Waals surface area contributed by atoms with E-state index >= 15 is 0 Å². The van der Waals surface area contributed by atoms with Gasteiger partial charge in [0.25, 0.3) is 0 Å². The molecule has 0 aliphatic heterocycles. The third-order valence-electron chi connectivity index (χ3n) is 4.18. The molecule has 0 fully saturated rings. The second-order valence-electron chi connectivity index (χ2n) is 6.34. The van der Waals surface area contributed by atoms with Crippen molar-refractivity contribution in [1.29, 1.82) is 0 Å². The van der Waals surface area contributed by atoms with Gasteiger partial charge in [-0.05, 0) is 44.2 Å². The molecule has 24 heavy (non-hydrogen) atoms. The maximum absolute atomic E-state index is 12.7. The summed E-state index contributed by atoms with van der Waals surface area (Å²) in [5, 5.41) is 5.78. The molecule has 0 aliphatic carbocycles. The molecule has 1 aromatic carbocycles. The van der Waals surface area contributed by atoms with Crippen LogP contribution in [0.25, 0.3) is 0 Å². The molecular weight excluding hydrogens is 304 g/mol. The lowest BCUT2D eigenvalue weighted by Crippen LogP contribution is -2.45. The molecule has 0 spiro atoms. The van der Waals surface area contributed by atoms with E-state index in [1.165, 1.54) is 0 Å². The molecule has 0 aliphatic rings. The highest BCUT2D eigenvalue weighted by atomic mass is 16.5.